The number of ether oxygens (including phenoxy) is 1. The molecule has 0 atom stereocenters. The summed E-state index contributed by atoms with van der Waals surface area (Å²) in [5, 5.41) is 3.31. The van der Waals surface area contributed by atoms with E-state index < -0.39 is 0 Å². The standard InChI is InChI=1S/C11H17NO/c1-5-12-10-6-7-11(13-4)9(3)8(10)2/h6-7,12H,5H2,1-4H3. The summed E-state index contributed by atoms with van der Waals surface area (Å²) in [7, 11) is 1.70. The smallest absolute Gasteiger partial charge is 0.122 e. The predicted molar refractivity (Wildman–Crippen MR) is 56.6 cm³/mol. The normalized spacial score (nSPS) is 9.85. The lowest BCUT2D eigenvalue weighted by molar-refractivity contribution is 0.411. The lowest BCUT2D eigenvalue weighted by Crippen LogP contribution is -2.00. The Kier molecular flexibility index (Phi) is 3.18. The van der Waals surface area contributed by atoms with Gasteiger partial charge in [0.1, 0.15) is 5.75 Å². The van der Waals surface area contributed by atoms with Crippen molar-refractivity contribution in [2.45, 2.75) is 20.8 Å². The largest absolute Gasteiger partial charge is 0.496 e. The van der Waals surface area contributed by atoms with Crippen LogP contribution in [0.5, 0.6) is 5.75 Å². The summed E-state index contributed by atoms with van der Waals surface area (Å²) < 4.78 is 5.23. The third-order valence-electron chi connectivity index (χ3n) is 2.32. The molecular formula is C11H17NO. The van der Waals surface area contributed by atoms with Crippen LogP contribution in [0.25, 0.3) is 0 Å². The first kappa shape index (κ1) is 9.90. The van der Waals surface area contributed by atoms with E-state index in [1.807, 2.05) is 6.07 Å². The third-order valence-corrected chi connectivity index (χ3v) is 2.32. The van der Waals surface area contributed by atoms with E-state index in [2.05, 4.69) is 32.2 Å². The SMILES string of the molecule is CCNc1ccc(OC)c(C)c1C. The first-order valence-corrected chi connectivity index (χ1v) is 4.58. The minimum absolute atomic E-state index is 0.951. The van der Waals surface area contributed by atoms with E-state index in [1.165, 1.54) is 16.8 Å². The zero-order chi connectivity index (χ0) is 9.84. The Bertz CT molecular complexity index is 294. The van der Waals surface area contributed by atoms with Crippen LogP contribution in [0, 0.1) is 13.8 Å². The third kappa shape index (κ3) is 1.94. The molecule has 1 aromatic carbocycles. The number of hydrogen-bond acceptors (Lipinski definition) is 2. The highest BCUT2D eigenvalue weighted by molar-refractivity contribution is 5.58. The molecule has 2 heteroatoms. The van der Waals surface area contributed by atoms with Crippen molar-refractivity contribution in [2.75, 3.05) is 19.0 Å². The van der Waals surface area contributed by atoms with E-state index in [0.29, 0.717) is 0 Å². The van der Waals surface area contributed by atoms with Gasteiger partial charge in [-0.15, -0.1) is 0 Å². The van der Waals surface area contributed by atoms with Crippen molar-refractivity contribution >= 4 is 5.69 Å². The molecular weight excluding hydrogens is 162 g/mol. The molecule has 0 spiro atoms. The van der Waals surface area contributed by atoms with Crippen LogP contribution in [-0.2, 0) is 0 Å². The van der Waals surface area contributed by atoms with Crippen LogP contribution < -0.4 is 10.1 Å². The number of rotatable bonds is 3. The van der Waals surface area contributed by atoms with Crippen LogP contribution >= 0.6 is 0 Å². The molecule has 0 saturated carbocycles. The molecule has 0 radical (unpaired) electrons. The molecule has 72 valence electrons. The fraction of sp³-hybridized carbons (Fsp3) is 0.455. The van der Waals surface area contributed by atoms with Gasteiger partial charge in [-0.1, -0.05) is 0 Å². The number of methoxy groups -OCH3 is 1. The average molecular weight is 179 g/mol. The molecule has 0 fully saturated rings. The summed E-state index contributed by atoms with van der Waals surface area (Å²) in [4.78, 5) is 0. The quantitative estimate of drug-likeness (QED) is 0.770. The van der Waals surface area contributed by atoms with Gasteiger partial charge in [-0.3, -0.25) is 0 Å². The van der Waals surface area contributed by atoms with Crippen molar-refractivity contribution in [3.05, 3.63) is 23.3 Å². The molecule has 0 aliphatic carbocycles. The molecule has 13 heavy (non-hydrogen) atoms. The van der Waals surface area contributed by atoms with E-state index in [4.69, 9.17) is 4.74 Å². The van der Waals surface area contributed by atoms with Gasteiger partial charge in [0.25, 0.3) is 0 Å². The lowest BCUT2D eigenvalue weighted by atomic mass is 10.1. The Morgan fingerprint density at radius 2 is 1.92 bits per heavy atom. The molecule has 1 aromatic rings. The highest BCUT2D eigenvalue weighted by atomic mass is 16.5. The molecule has 1 rings (SSSR count). The van der Waals surface area contributed by atoms with Gasteiger partial charge in [0.2, 0.25) is 0 Å². The predicted octanol–water partition coefficient (Wildman–Crippen LogP) is 2.74. The molecule has 1 N–H and O–H groups in total. The maximum absolute atomic E-state index is 5.23. The van der Waals surface area contributed by atoms with Gasteiger partial charge >= 0.3 is 0 Å². The first-order valence-electron chi connectivity index (χ1n) is 4.58. The number of benzene rings is 1. The summed E-state index contributed by atoms with van der Waals surface area (Å²) in [5.74, 6) is 0.958. The van der Waals surface area contributed by atoms with E-state index in [0.717, 1.165) is 12.3 Å². The molecule has 0 amide bonds. The number of nitrogens with one attached hydrogen (secondary N) is 1. The van der Waals surface area contributed by atoms with Crippen LogP contribution in [0.15, 0.2) is 12.1 Å². The minimum Gasteiger partial charge on any atom is -0.496 e. The van der Waals surface area contributed by atoms with E-state index >= 15 is 0 Å². The monoisotopic (exact) mass is 179 g/mol. The summed E-state index contributed by atoms with van der Waals surface area (Å²) in [5.41, 5.74) is 3.67. The second kappa shape index (κ2) is 4.17. The highest BCUT2D eigenvalue weighted by Crippen LogP contribution is 2.26. The van der Waals surface area contributed by atoms with Gasteiger partial charge in [-0.25, -0.2) is 0 Å². The van der Waals surface area contributed by atoms with Crippen molar-refractivity contribution in [1.29, 1.82) is 0 Å². The zero-order valence-electron chi connectivity index (χ0n) is 8.77. The highest BCUT2D eigenvalue weighted by Gasteiger charge is 2.04. The Morgan fingerprint density at radius 3 is 2.46 bits per heavy atom. The number of hydrogen-bond donors (Lipinski definition) is 1. The lowest BCUT2D eigenvalue weighted by Gasteiger charge is -2.12. The van der Waals surface area contributed by atoms with Gasteiger partial charge in [-0.05, 0) is 44.0 Å². The van der Waals surface area contributed by atoms with Crippen molar-refractivity contribution in [2.24, 2.45) is 0 Å². The van der Waals surface area contributed by atoms with Crippen LogP contribution in [0.4, 0.5) is 5.69 Å². The Labute approximate surface area is 79.9 Å². The topological polar surface area (TPSA) is 21.3 Å². The molecule has 2 nitrogen and oxygen atoms in total. The fourth-order valence-electron chi connectivity index (χ4n) is 1.40. The van der Waals surface area contributed by atoms with Crippen molar-refractivity contribution in [3.8, 4) is 5.75 Å². The van der Waals surface area contributed by atoms with E-state index in [1.54, 1.807) is 7.11 Å². The molecule has 0 aliphatic heterocycles. The van der Waals surface area contributed by atoms with Crippen LogP contribution in [-0.4, -0.2) is 13.7 Å². The Hall–Kier alpha value is -1.18. The fourth-order valence-corrected chi connectivity index (χ4v) is 1.40. The van der Waals surface area contributed by atoms with E-state index in [9.17, 15) is 0 Å². The molecule has 0 saturated heterocycles. The summed E-state index contributed by atoms with van der Waals surface area (Å²) in [6.07, 6.45) is 0. The van der Waals surface area contributed by atoms with Gasteiger partial charge < -0.3 is 10.1 Å². The Morgan fingerprint density at radius 1 is 1.23 bits per heavy atom. The van der Waals surface area contributed by atoms with Crippen molar-refractivity contribution in [3.63, 3.8) is 0 Å². The number of anilines is 1. The molecule has 0 aromatic heterocycles. The zero-order valence-corrected chi connectivity index (χ0v) is 8.77. The van der Waals surface area contributed by atoms with Crippen molar-refractivity contribution in [1.82, 2.24) is 0 Å². The van der Waals surface area contributed by atoms with Crippen molar-refractivity contribution < 1.29 is 4.74 Å². The first-order chi connectivity index (χ1) is 6.20. The molecule has 0 heterocycles. The second-order valence-corrected chi connectivity index (χ2v) is 3.10. The molecule has 0 bridgehead atoms. The van der Waals surface area contributed by atoms with Gasteiger partial charge in [-0.2, -0.15) is 0 Å². The summed E-state index contributed by atoms with van der Waals surface area (Å²) in [6, 6.07) is 4.06. The molecule has 0 aliphatic rings. The second-order valence-electron chi connectivity index (χ2n) is 3.10. The van der Waals surface area contributed by atoms with Crippen LogP contribution in [0.1, 0.15) is 18.1 Å². The molecule has 0 unspecified atom stereocenters. The van der Waals surface area contributed by atoms with Gasteiger partial charge in [0, 0.05) is 12.2 Å². The van der Waals surface area contributed by atoms with Gasteiger partial charge in [0.05, 0.1) is 7.11 Å². The van der Waals surface area contributed by atoms with Crippen LogP contribution in [0.3, 0.4) is 0 Å². The Balaban J connectivity index is 3.07. The minimum atomic E-state index is 0.951. The summed E-state index contributed by atoms with van der Waals surface area (Å²) in [6.45, 7) is 7.23. The maximum Gasteiger partial charge on any atom is 0.122 e. The van der Waals surface area contributed by atoms with E-state index in [-0.39, 0.29) is 0 Å². The van der Waals surface area contributed by atoms with Crippen LogP contribution in [0.2, 0.25) is 0 Å². The average Bonchev–Trinajstić information content (AvgIpc) is 2.14. The van der Waals surface area contributed by atoms with Gasteiger partial charge in [0.15, 0.2) is 0 Å². The summed E-state index contributed by atoms with van der Waals surface area (Å²) >= 11 is 0. The maximum atomic E-state index is 5.23.